The zero-order valence-electron chi connectivity index (χ0n) is 30.2. The fraction of sp³-hybridized carbons (Fsp3) is 0.444. The van der Waals surface area contributed by atoms with Gasteiger partial charge in [0.25, 0.3) is 11.8 Å². The van der Waals surface area contributed by atoms with E-state index in [1.165, 1.54) is 4.90 Å². The van der Waals surface area contributed by atoms with Gasteiger partial charge in [0.1, 0.15) is 29.1 Å². The number of imide groups is 1. The van der Waals surface area contributed by atoms with Crippen molar-refractivity contribution in [3.8, 4) is 11.3 Å². The number of alkyl carbamates (subject to hydrolysis) is 1. The SMILES string of the molecule is CC(=O)OCC(=O)N(CC[C@H](NC(=O)OC(C)(C)C)C(=O)N(N)C(C)=O)[C@@H](c1nc(-c2cc(F)ccc2F)cn1Cc1ccccc1)C(C)(C)C. The number of nitrogens with two attached hydrogens (primary N) is 1. The average molecular weight is 713 g/mol. The van der Waals surface area contributed by atoms with Crippen LogP contribution in [0.25, 0.3) is 11.3 Å². The highest BCUT2D eigenvalue weighted by atomic mass is 19.1. The molecule has 276 valence electrons. The van der Waals surface area contributed by atoms with Gasteiger partial charge < -0.3 is 24.3 Å². The molecule has 0 radical (unpaired) electrons. The maximum Gasteiger partial charge on any atom is 0.408 e. The number of rotatable bonds is 12. The van der Waals surface area contributed by atoms with Crippen molar-refractivity contribution in [3.05, 3.63) is 77.8 Å². The molecule has 0 aliphatic carbocycles. The van der Waals surface area contributed by atoms with Gasteiger partial charge in [-0.1, -0.05) is 51.1 Å². The lowest BCUT2D eigenvalue weighted by Crippen LogP contribution is -2.55. The van der Waals surface area contributed by atoms with Crippen molar-refractivity contribution in [1.82, 2.24) is 24.8 Å². The van der Waals surface area contributed by atoms with Crippen LogP contribution in [0.5, 0.6) is 0 Å². The number of amides is 4. The van der Waals surface area contributed by atoms with Crippen LogP contribution in [0.3, 0.4) is 0 Å². The van der Waals surface area contributed by atoms with Gasteiger partial charge in [-0.25, -0.2) is 29.4 Å². The van der Waals surface area contributed by atoms with Crippen LogP contribution in [0.2, 0.25) is 0 Å². The van der Waals surface area contributed by atoms with Crippen LogP contribution in [0.1, 0.15) is 79.2 Å². The first-order valence-corrected chi connectivity index (χ1v) is 16.3. The fourth-order valence-electron chi connectivity index (χ4n) is 5.32. The Balaban J connectivity index is 2.20. The topological polar surface area (TPSA) is 166 Å². The Kier molecular flexibility index (Phi) is 13.2. The van der Waals surface area contributed by atoms with Gasteiger partial charge in [-0.15, -0.1) is 0 Å². The predicted molar refractivity (Wildman–Crippen MR) is 183 cm³/mol. The normalized spacial score (nSPS) is 12.8. The average Bonchev–Trinajstić information content (AvgIpc) is 3.42. The number of nitrogens with one attached hydrogen (secondary N) is 1. The number of aromatic nitrogens is 2. The van der Waals surface area contributed by atoms with Crippen LogP contribution in [-0.4, -0.2) is 74.0 Å². The molecule has 0 spiro atoms. The standard InChI is InChI=1S/C36H46F2N6O7/c1-22(45)44(39)33(48)28(41-34(49)51-36(6,7)8)16-17-43(30(47)21-50-23(2)46)31(35(3,4)5)32-40-29(26-18-25(37)14-15-27(26)38)20-42(32)19-24-12-10-9-11-13-24/h9-15,18,20,28,31H,16-17,19,21,39H2,1-8H3,(H,41,49)/t28-,31-/m0/s1. The number of imidazole rings is 1. The maximum absolute atomic E-state index is 15.1. The van der Waals surface area contributed by atoms with Gasteiger partial charge in [0, 0.05) is 38.7 Å². The van der Waals surface area contributed by atoms with E-state index in [1.807, 2.05) is 51.1 Å². The van der Waals surface area contributed by atoms with Crippen molar-refractivity contribution in [2.45, 2.75) is 86.0 Å². The molecular formula is C36H46F2N6O7. The van der Waals surface area contributed by atoms with E-state index in [0.29, 0.717) is 5.01 Å². The summed E-state index contributed by atoms with van der Waals surface area (Å²) in [6.45, 7) is 11.8. The third-order valence-corrected chi connectivity index (χ3v) is 7.53. The van der Waals surface area contributed by atoms with Crippen LogP contribution in [0.4, 0.5) is 13.6 Å². The lowest BCUT2D eigenvalue weighted by molar-refractivity contribution is -0.153. The second-order valence-electron chi connectivity index (χ2n) is 14.1. The van der Waals surface area contributed by atoms with E-state index in [1.54, 1.807) is 31.5 Å². The monoisotopic (exact) mass is 712 g/mol. The van der Waals surface area contributed by atoms with Gasteiger partial charge in [0.15, 0.2) is 6.61 Å². The van der Waals surface area contributed by atoms with E-state index in [0.717, 1.165) is 37.6 Å². The Morgan fingerprint density at radius 3 is 2.20 bits per heavy atom. The maximum atomic E-state index is 15.1. The zero-order chi connectivity index (χ0) is 38.3. The Bertz CT molecular complexity index is 1730. The van der Waals surface area contributed by atoms with Crippen LogP contribution in [-0.2, 0) is 35.2 Å². The first-order valence-electron chi connectivity index (χ1n) is 16.3. The first-order chi connectivity index (χ1) is 23.7. The van der Waals surface area contributed by atoms with Crippen molar-refractivity contribution in [2.24, 2.45) is 11.3 Å². The molecule has 0 saturated heterocycles. The number of hydrogen-bond donors (Lipinski definition) is 2. The molecule has 0 bridgehead atoms. The molecule has 51 heavy (non-hydrogen) atoms. The number of esters is 1. The number of hydrogen-bond acceptors (Lipinski definition) is 9. The summed E-state index contributed by atoms with van der Waals surface area (Å²) < 4.78 is 41.6. The van der Waals surface area contributed by atoms with E-state index < -0.39 is 71.1 Å². The molecule has 0 fully saturated rings. The second-order valence-corrected chi connectivity index (χ2v) is 14.1. The number of hydrazine groups is 1. The van der Waals surface area contributed by atoms with Crippen molar-refractivity contribution in [1.29, 1.82) is 0 Å². The van der Waals surface area contributed by atoms with Gasteiger partial charge in [0.2, 0.25) is 5.91 Å². The Labute approximate surface area is 296 Å². The van der Waals surface area contributed by atoms with Crippen LogP contribution in [0, 0.1) is 17.0 Å². The third kappa shape index (κ3) is 11.4. The summed E-state index contributed by atoms with van der Waals surface area (Å²) in [5.74, 6) is 1.45. The van der Waals surface area contributed by atoms with E-state index in [2.05, 4.69) is 5.32 Å². The fourth-order valence-corrected chi connectivity index (χ4v) is 5.32. The molecule has 0 aliphatic rings. The Morgan fingerprint density at radius 2 is 1.63 bits per heavy atom. The number of carbonyl (C=O) groups excluding carboxylic acids is 5. The summed E-state index contributed by atoms with van der Waals surface area (Å²) in [6, 6.07) is 9.87. The van der Waals surface area contributed by atoms with E-state index in [9.17, 15) is 28.4 Å². The number of carbonyl (C=O) groups is 5. The molecule has 1 heterocycles. The smallest absolute Gasteiger partial charge is 0.408 e. The highest BCUT2D eigenvalue weighted by molar-refractivity contribution is 5.97. The summed E-state index contributed by atoms with van der Waals surface area (Å²) in [4.78, 5) is 70.1. The molecule has 0 saturated carbocycles. The number of ether oxygens (including phenoxy) is 2. The molecule has 2 atom stereocenters. The lowest BCUT2D eigenvalue weighted by Gasteiger charge is -2.40. The van der Waals surface area contributed by atoms with Crippen molar-refractivity contribution in [2.75, 3.05) is 13.2 Å². The molecule has 0 aliphatic heterocycles. The molecule has 13 nitrogen and oxygen atoms in total. The van der Waals surface area contributed by atoms with Crippen LogP contribution < -0.4 is 11.2 Å². The molecule has 3 aromatic rings. The van der Waals surface area contributed by atoms with Crippen LogP contribution >= 0.6 is 0 Å². The Morgan fingerprint density at radius 1 is 0.980 bits per heavy atom. The third-order valence-electron chi connectivity index (χ3n) is 7.53. The van der Waals surface area contributed by atoms with Gasteiger partial charge in [0.05, 0.1) is 11.7 Å². The Hall–Kier alpha value is -5.18. The molecule has 3 rings (SSSR count). The molecule has 1 aromatic heterocycles. The van der Waals surface area contributed by atoms with Gasteiger partial charge in [-0.3, -0.25) is 19.2 Å². The summed E-state index contributed by atoms with van der Waals surface area (Å²) in [7, 11) is 0. The van der Waals surface area contributed by atoms with Crippen molar-refractivity contribution < 1.29 is 42.2 Å². The molecule has 4 amide bonds. The summed E-state index contributed by atoms with van der Waals surface area (Å²) in [5, 5.41) is 2.79. The molecule has 0 unspecified atom stereocenters. The van der Waals surface area contributed by atoms with Crippen molar-refractivity contribution in [3.63, 3.8) is 0 Å². The van der Waals surface area contributed by atoms with E-state index >= 15 is 4.39 Å². The minimum absolute atomic E-state index is 0.0967. The van der Waals surface area contributed by atoms with Gasteiger partial charge in [-0.2, -0.15) is 0 Å². The largest absolute Gasteiger partial charge is 0.456 e. The second kappa shape index (κ2) is 16.7. The minimum atomic E-state index is -1.44. The van der Waals surface area contributed by atoms with Crippen LogP contribution in [0.15, 0.2) is 54.7 Å². The lowest BCUT2D eigenvalue weighted by atomic mass is 9.84. The number of halogens is 2. The number of benzene rings is 2. The highest BCUT2D eigenvalue weighted by Gasteiger charge is 2.40. The quantitative estimate of drug-likeness (QED) is 0.115. The first kappa shape index (κ1) is 40.3. The number of nitrogens with zero attached hydrogens (tertiary/aromatic N) is 4. The van der Waals surface area contributed by atoms with E-state index in [-0.39, 0.29) is 36.6 Å². The van der Waals surface area contributed by atoms with E-state index in [4.69, 9.17) is 20.3 Å². The summed E-state index contributed by atoms with van der Waals surface area (Å²) in [5.41, 5.74) is -0.931. The predicted octanol–water partition coefficient (Wildman–Crippen LogP) is 4.89. The van der Waals surface area contributed by atoms with Gasteiger partial charge >= 0.3 is 12.1 Å². The molecular weight excluding hydrogens is 666 g/mol. The molecule has 3 N–H and O–H groups in total. The summed E-state index contributed by atoms with van der Waals surface area (Å²) in [6.07, 6.45) is 0.314. The highest BCUT2D eigenvalue weighted by Crippen LogP contribution is 2.39. The molecule has 15 heteroatoms. The molecule has 2 aromatic carbocycles. The van der Waals surface area contributed by atoms with Gasteiger partial charge in [-0.05, 0) is 56.4 Å². The van der Waals surface area contributed by atoms with Crippen molar-refractivity contribution >= 4 is 29.8 Å². The minimum Gasteiger partial charge on any atom is -0.456 e. The zero-order valence-corrected chi connectivity index (χ0v) is 30.2. The summed E-state index contributed by atoms with van der Waals surface area (Å²) >= 11 is 0.